The molecule has 0 saturated heterocycles. The molecule has 0 aliphatic carbocycles. The molecule has 0 spiro atoms. The van der Waals surface area contributed by atoms with Crippen molar-refractivity contribution in [3.63, 3.8) is 0 Å². The molecule has 0 bridgehead atoms. The molecule has 10 heteroatoms. The van der Waals surface area contributed by atoms with Gasteiger partial charge in [0.15, 0.2) is 5.69 Å². The number of hydrogen-bond donors (Lipinski definition) is 2. The number of fused-ring (bicyclic) bond motifs is 1. The standard InChI is InChI=1S/C38H43ClN4O4Si/c1-24-21-28(25(2)40-30-19-20-31(39)41-33(30)35(45)46)32-29(22-24)34(44)43(8)36(42-32)38(6,7)23-47-48(37(3,4)5,26-15-11-9-12-16-26)27-17-13-10-14-18-27/h9-22,25,40H,23H2,1-8H3,(H,45,46)/t25-/m1/s1. The Balaban J connectivity index is 1.61. The number of aryl methyl sites for hydroxylation is 1. The van der Waals surface area contributed by atoms with E-state index < -0.39 is 25.7 Å². The zero-order valence-electron chi connectivity index (χ0n) is 28.8. The third kappa shape index (κ3) is 6.54. The van der Waals surface area contributed by atoms with Gasteiger partial charge in [0, 0.05) is 24.6 Å². The fourth-order valence-corrected chi connectivity index (χ4v) is 11.5. The first-order chi connectivity index (χ1) is 22.6. The maximum Gasteiger partial charge on any atom is 0.356 e. The van der Waals surface area contributed by atoms with Crippen LogP contribution in [0.3, 0.4) is 0 Å². The Morgan fingerprint density at radius 1 is 0.958 bits per heavy atom. The summed E-state index contributed by atoms with van der Waals surface area (Å²) in [5.41, 5.74) is 1.50. The number of pyridine rings is 1. The maximum absolute atomic E-state index is 14.0. The lowest BCUT2D eigenvalue weighted by Gasteiger charge is -2.44. The molecular formula is C38H43ClN4O4Si. The van der Waals surface area contributed by atoms with Crippen molar-refractivity contribution < 1.29 is 14.3 Å². The van der Waals surface area contributed by atoms with Crippen LogP contribution >= 0.6 is 11.6 Å². The van der Waals surface area contributed by atoms with E-state index in [1.807, 2.05) is 38.1 Å². The van der Waals surface area contributed by atoms with E-state index in [1.165, 1.54) is 16.4 Å². The average Bonchev–Trinajstić information content (AvgIpc) is 3.04. The molecule has 8 nitrogen and oxygen atoms in total. The van der Waals surface area contributed by atoms with E-state index in [2.05, 4.69) is 93.5 Å². The summed E-state index contributed by atoms with van der Waals surface area (Å²) in [5, 5.41) is 15.7. The minimum absolute atomic E-state index is 0.0870. The van der Waals surface area contributed by atoms with Crippen LogP contribution in [0.25, 0.3) is 10.9 Å². The van der Waals surface area contributed by atoms with Gasteiger partial charge in [0.25, 0.3) is 13.9 Å². The molecule has 2 N–H and O–H groups in total. The number of carboxylic acid groups (broad SMARTS) is 1. The predicted octanol–water partition coefficient (Wildman–Crippen LogP) is 7.02. The van der Waals surface area contributed by atoms with Crippen LogP contribution in [0.15, 0.2) is 89.7 Å². The van der Waals surface area contributed by atoms with E-state index in [0.717, 1.165) is 11.1 Å². The van der Waals surface area contributed by atoms with E-state index in [4.69, 9.17) is 21.0 Å². The number of nitrogens with zero attached hydrogens (tertiary/aromatic N) is 3. The van der Waals surface area contributed by atoms with Crippen molar-refractivity contribution in [2.45, 2.75) is 65.0 Å². The first-order valence-corrected chi connectivity index (χ1v) is 18.3. The quantitative estimate of drug-likeness (QED) is 0.121. The van der Waals surface area contributed by atoms with Gasteiger partial charge >= 0.3 is 5.97 Å². The predicted molar refractivity (Wildman–Crippen MR) is 197 cm³/mol. The van der Waals surface area contributed by atoms with E-state index in [9.17, 15) is 14.7 Å². The molecule has 250 valence electrons. The van der Waals surface area contributed by atoms with Gasteiger partial charge < -0.3 is 14.8 Å². The number of aromatic nitrogens is 3. The van der Waals surface area contributed by atoms with Gasteiger partial charge in [-0.25, -0.2) is 14.8 Å². The van der Waals surface area contributed by atoms with E-state index in [0.29, 0.717) is 29.0 Å². The van der Waals surface area contributed by atoms with Gasteiger partial charge in [0.2, 0.25) is 0 Å². The van der Waals surface area contributed by atoms with Crippen LogP contribution < -0.4 is 21.2 Å². The highest BCUT2D eigenvalue weighted by Gasteiger charge is 2.51. The fraction of sp³-hybridized carbons (Fsp3) is 0.316. The van der Waals surface area contributed by atoms with Gasteiger partial charge in [-0.3, -0.25) is 9.36 Å². The molecule has 48 heavy (non-hydrogen) atoms. The van der Waals surface area contributed by atoms with Crippen molar-refractivity contribution in [2.75, 3.05) is 11.9 Å². The second-order valence-corrected chi connectivity index (χ2v) is 18.8. The average molecular weight is 683 g/mol. The second kappa shape index (κ2) is 13.3. The third-order valence-electron chi connectivity index (χ3n) is 8.93. The molecule has 0 radical (unpaired) electrons. The van der Waals surface area contributed by atoms with Gasteiger partial charge in [-0.15, -0.1) is 0 Å². The summed E-state index contributed by atoms with van der Waals surface area (Å²) in [7, 11) is -1.10. The lowest BCUT2D eigenvalue weighted by Crippen LogP contribution is -2.67. The van der Waals surface area contributed by atoms with Crippen LogP contribution in [0.4, 0.5) is 5.69 Å². The second-order valence-electron chi connectivity index (χ2n) is 14.1. The number of hydrogen-bond acceptors (Lipinski definition) is 6. The van der Waals surface area contributed by atoms with Gasteiger partial charge in [-0.2, -0.15) is 0 Å². The smallest absolute Gasteiger partial charge is 0.356 e. The summed E-state index contributed by atoms with van der Waals surface area (Å²) in [6.07, 6.45) is 0. The third-order valence-corrected chi connectivity index (χ3v) is 14.1. The Morgan fingerprint density at radius 2 is 1.54 bits per heavy atom. The van der Waals surface area contributed by atoms with Crippen LogP contribution in [0.1, 0.15) is 75.0 Å². The number of carbonyl (C=O) groups is 1. The Kier molecular flexibility index (Phi) is 9.70. The SMILES string of the molecule is Cc1cc([C@@H](C)Nc2ccc(Cl)nc2C(=O)O)c2nc(C(C)(C)CO[Si](c3ccccc3)(c3ccccc3)C(C)(C)C)n(C)c(=O)c2c1. The fourth-order valence-electron chi connectivity index (χ4n) is 6.63. The van der Waals surface area contributed by atoms with E-state index >= 15 is 0 Å². The number of benzene rings is 3. The van der Waals surface area contributed by atoms with Crippen molar-refractivity contribution >= 4 is 52.9 Å². The zero-order chi connectivity index (χ0) is 35.0. The molecule has 2 aromatic heterocycles. The molecule has 0 aliphatic rings. The van der Waals surface area contributed by atoms with Crippen molar-refractivity contribution in [1.29, 1.82) is 0 Å². The van der Waals surface area contributed by atoms with Crippen LogP contribution in [-0.2, 0) is 16.9 Å². The zero-order valence-corrected chi connectivity index (χ0v) is 30.5. The number of rotatable bonds is 10. The lowest BCUT2D eigenvalue weighted by atomic mass is 9.92. The highest BCUT2D eigenvalue weighted by Crippen LogP contribution is 2.38. The Morgan fingerprint density at radius 3 is 2.08 bits per heavy atom. The highest BCUT2D eigenvalue weighted by molar-refractivity contribution is 6.99. The number of aromatic carboxylic acids is 1. The molecular weight excluding hydrogens is 640 g/mol. The largest absolute Gasteiger partial charge is 0.476 e. The molecule has 0 fully saturated rings. The Hall–Kier alpha value is -4.31. The summed E-state index contributed by atoms with van der Waals surface area (Å²) >= 11 is 6.00. The molecule has 0 aliphatic heterocycles. The van der Waals surface area contributed by atoms with Crippen molar-refractivity contribution in [3.05, 3.63) is 123 Å². The molecule has 5 aromatic rings. The maximum atomic E-state index is 14.0. The van der Waals surface area contributed by atoms with Crippen LogP contribution in [0.2, 0.25) is 10.2 Å². The number of halogens is 1. The molecule has 0 unspecified atom stereocenters. The molecule has 0 amide bonds. The normalized spacial score (nSPS) is 13.0. The monoisotopic (exact) mass is 682 g/mol. The van der Waals surface area contributed by atoms with Crippen molar-refractivity contribution in [2.24, 2.45) is 7.05 Å². The van der Waals surface area contributed by atoms with E-state index in [1.54, 1.807) is 17.7 Å². The van der Waals surface area contributed by atoms with Crippen LogP contribution in [-0.4, -0.2) is 40.5 Å². The summed E-state index contributed by atoms with van der Waals surface area (Å²) in [4.78, 5) is 35.2. The van der Waals surface area contributed by atoms with Crippen molar-refractivity contribution in [3.8, 4) is 0 Å². The molecule has 5 rings (SSSR count). The lowest BCUT2D eigenvalue weighted by molar-refractivity contribution is 0.0691. The molecule has 0 saturated carbocycles. The Bertz CT molecular complexity index is 1990. The van der Waals surface area contributed by atoms with Crippen molar-refractivity contribution in [1.82, 2.24) is 14.5 Å². The summed E-state index contributed by atoms with van der Waals surface area (Å²) in [5.74, 6) is -0.604. The number of nitrogens with one attached hydrogen (secondary N) is 1. The first kappa shape index (κ1) is 35.0. The van der Waals surface area contributed by atoms with Gasteiger partial charge in [0.1, 0.15) is 11.0 Å². The Labute approximate surface area is 287 Å². The molecule has 2 heterocycles. The highest BCUT2D eigenvalue weighted by atomic mass is 35.5. The minimum atomic E-state index is -2.86. The number of anilines is 1. The minimum Gasteiger partial charge on any atom is -0.476 e. The summed E-state index contributed by atoms with van der Waals surface area (Å²) in [6.45, 7) is 15.0. The summed E-state index contributed by atoms with van der Waals surface area (Å²) < 4.78 is 8.94. The first-order valence-electron chi connectivity index (χ1n) is 16.0. The summed E-state index contributed by atoms with van der Waals surface area (Å²) in [6, 6.07) is 27.5. The molecule has 1 atom stereocenters. The molecule has 3 aromatic carbocycles. The van der Waals surface area contributed by atoms with Crippen LogP contribution in [0, 0.1) is 6.92 Å². The topological polar surface area (TPSA) is 106 Å². The van der Waals surface area contributed by atoms with Gasteiger partial charge in [0.05, 0.1) is 22.6 Å². The number of carboxylic acids is 1. The van der Waals surface area contributed by atoms with Gasteiger partial charge in [-0.1, -0.05) is 113 Å². The van der Waals surface area contributed by atoms with E-state index in [-0.39, 0.29) is 21.4 Å². The van der Waals surface area contributed by atoms with Gasteiger partial charge in [-0.05, 0) is 53.0 Å². The van der Waals surface area contributed by atoms with Crippen LogP contribution in [0.5, 0.6) is 0 Å².